The quantitative estimate of drug-likeness (QED) is 0.0247. The van der Waals surface area contributed by atoms with Gasteiger partial charge in [-0.1, -0.05) is 143 Å². The van der Waals surface area contributed by atoms with Gasteiger partial charge in [-0.25, -0.2) is 24.0 Å². The number of ketones is 3. The average molecular weight is 1140 g/mol. The Hall–Kier alpha value is -10.8. The van der Waals surface area contributed by atoms with E-state index in [4.69, 9.17) is 14.9 Å². The van der Waals surface area contributed by atoms with Crippen molar-refractivity contribution in [3.8, 4) is 17.9 Å². The summed E-state index contributed by atoms with van der Waals surface area (Å²) in [5, 5.41) is 9.52. The number of benzene rings is 1. The predicted octanol–water partition coefficient (Wildman–Crippen LogP) is 8.44. The Kier molecular flexibility index (Phi) is 93.3. The molecule has 1 fully saturated rings. The van der Waals surface area contributed by atoms with Gasteiger partial charge in [0.1, 0.15) is 0 Å². The van der Waals surface area contributed by atoms with Gasteiger partial charge in [0.2, 0.25) is 0 Å². The van der Waals surface area contributed by atoms with Crippen molar-refractivity contribution in [2.75, 3.05) is 35.5 Å². The first-order valence-corrected chi connectivity index (χ1v) is 22.9. The van der Waals surface area contributed by atoms with Crippen LogP contribution in [0.5, 0.6) is 0 Å². The van der Waals surface area contributed by atoms with Gasteiger partial charge in [-0.05, 0) is 81.9 Å². The highest BCUT2D eigenvalue weighted by molar-refractivity contribution is 6.14. The first-order valence-electron chi connectivity index (χ1n) is 22.9. The number of methoxy groups -OCH3 is 5. The number of hydrogen-bond donors (Lipinski definition) is 0. The molecule has 19 heteroatoms. The molecular weight excluding hydrogens is 1060 g/mol. The van der Waals surface area contributed by atoms with Crippen LogP contribution in [0.4, 0.5) is 0 Å². The van der Waals surface area contributed by atoms with Crippen LogP contribution in [0, 0.1) is 23.2 Å². The van der Waals surface area contributed by atoms with Crippen molar-refractivity contribution < 1.29 is 86.0 Å². The maximum atomic E-state index is 10.3. The first-order chi connectivity index (χ1) is 38.7. The Labute approximate surface area is 483 Å². The lowest BCUT2D eigenvalue weighted by atomic mass is 10.2. The van der Waals surface area contributed by atoms with Gasteiger partial charge in [0.05, 0.1) is 54.5 Å². The number of nitriles is 1. The molecule has 0 bridgehead atoms. The van der Waals surface area contributed by atoms with E-state index in [1.54, 1.807) is 49.4 Å². The molecule has 0 radical (unpaired) electrons. The third-order valence-corrected chi connectivity index (χ3v) is 6.15. The van der Waals surface area contributed by atoms with Crippen molar-refractivity contribution in [2.45, 2.75) is 53.9 Å². The van der Waals surface area contributed by atoms with Crippen molar-refractivity contribution in [1.82, 2.24) is 0 Å². The Morgan fingerprint density at radius 2 is 0.854 bits per heavy atom. The SMILES string of the molecule is C/C=C/C(=O)OC.C1=CCC=C1.C=CC.C=CC.C=CC#N.C=CC(=C)C.C=CC(C)=O.C=CC=C.C=c1ccccc1=C.COC(=O)/C=C\C(=O)OC.COC(=O)C#CC(=O)OC.O=C1C=CC(=O)C=C1.O=C1CCC(=O)O1.O=C=O. The number of rotatable bonds is 6. The number of carbonyl (C=O) groups is 10. The second kappa shape index (κ2) is 81.6. The fourth-order valence-electron chi connectivity index (χ4n) is 2.50. The number of nitrogens with zero attached hydrogens (tertiary/aromatic N) is 1. The van der Waals surface area contributed by atoms with E-state index in [9.17, 15) is 47.9 Å². The van der Waals surface area contributed by atoms with Gasteiger partial charge in [0.25, 0.3) is 0 Å². The van der Waals surface area contributed by atoms with Crippen LogP contribution < -0.4 is 10.4 Å². The summed E-state index contributed by atoms with van der Waals surface area (Å²) in [5.74, 6) is -0.202. The summed E-state index contributed by atoms with van der Waals surface area (Å²) in [4.78, 5) is 118. The number of cyclic esters (lactones) is 2. The van der Waals surface area contributed by atoms with Crippen LogP contribution in [0.25, 0.3) is 13.2 Å². The fourth-order valence-corrected chi connectivity index (χ4v) is 2.50. The average Bonchev–Trinajstić information content (AvgIpc) is 4.20. The third kappa shape index (κ3) is 114. The molecule has 1 aromatic carbocycles. The van der Waals surface area contributed by atoms with Crippen LogP contribution in [0.15, 0.2) is 198 Å². The molecule has 1 saturated heterocycles. The number of hydrogen-bond acceptors (Lipinski definition) is 19. The van der Waals surface area contributed by atoms with Gasteiger partial charge < -0.3 is 28.4 Å². The van der Waals surface area contributed by atoms with E-state index in [-0.39, 0.29) is 42.3 Å². The predicted molar refractivity (Wildman–Crippen MR) is 319 cm³/mol. The molecule has 4 rings (SSSR count). The summed E-state index contributed by atoms with van der Waals surface area (Å²) in [5.41, 5.74) is 1.02. The second-order valence-electron chi connectivity index (χ2n) is 12.9. The zero-order chi connectivity index (χ0) is 66.0. The van der Waals surface area contributed by atoms with Crippen LogP contribution in [-0.2, 0) is 86.0 Å². The van der Waals surface area contributed by atoms with Gasteiger partial charge >= 0.3 is 47.9 Å². The molecule has 0 atom stereocenters. The summed E-state index contributed by atoms with van der Waals surface area (Å²) >= 11 is 0. The lowest BCUT2D eigenvalue weighted by Crippen LogP contribution is -2.19. The van der Waals surface area contributed by atoms with Crippen molar-refractivity contribution in [3.05, 3.63) is 208 Å². The van der Waals surface area contributed by atoms with Gasteiger partial charge in [-0.15, -0.1) is 13.2 Å². The summed E-state index contributed by atoms with van der Waals surface area (Å²) in [6, 6.07) is 9.50. The zero-order valence-electron chi connectivity index (χ0n) is 48.8. The molecule has 1 aliphatic heterocycles. The standard InChI is InChI=1S/C8H8.C6H8O4.C6H6O4.C6H4O2.C5H8O2.C5H6.C5H8.C4H4O3.C4H6O.C4H6.C3H3N.2C3H6.CO2/c1-7-5-3-4-6-8(7)2;2*1-9-5(7)3-4-6(8)10-2;7-5-1-2-6(8)4-3-5;1-3-4-5(6)7-2;1-2-4-5-3-1;1-4-5(2)3;5-3-1-2-4(6)7-3;1-3-4(2)5;1-3-4-2;1-2-3-4;2*1-3-2;2-1-3/h3-6H,1-2H2;3-4H,1-2H3;1-2H3;1-4H;3-4H,1-2H3;1-4H,5H2;4H,1-2H2,3H3;1-2H2;3H,1H2,2H3;3-4H,1-2H2;2H,1H2;2*3H,1H2,2H3;/b;4-3-;;;4-3+;;;;;;;;;. The number of allylic oxidation sites excluding steroid dienone is 17. The smallest absolute Gasteiger partial charge is 0.384 e. The molecule has 0 spiro atoms. The number of esters is 7. The Balaban J connectivity index is -0.0000000865. The summed E-state index contributed by atoms with van der Waals surface area (Å²) in [6.45, 7) is 43.2. The highest BCUT2D eigenvalue weighted by Crippen LogP contribution is 2.04. The van der Waals surface area contributed by atoms with E-state index in [1.807, 2.05) is 56.9 Å². The minimum atomic E-state index is -0.759. The molecule has 444 valence electrons. The Bertz CT molecular complexity index is 2400. The molecule has 19 nitrogen and oxygen atoms in total. The van der Waals surface area contributed by atoms with Crippen LogP contribution in [0.1, 0.15) is 53.9 Å². The van der Waals surface area contributed by atoms with E-state index in [0.717, 1.165) is 34.6 Å². The third-order valence-electron chi connectivity index (χ3n) is 6.15. The van der Waals surface area contributed by atoms with E-state index in [2.05, 4.69) is 119 Å². The molecule has 0 aromatic heterocycles. The van der Waals surface area contributed by atoms with Crippen molar-refractivity contribution >= 4 is 78.4 Å². The molecule has 0 N–H and O–H groups in total. The highest BCUT2D eigenvalue weighted by Gasteiger charge is 2.19. The van der Waals surface area contributed by atoms with Gasteiger partial charge in [0, 0.05) is 36.1 Å². The second-order valence-corrected chi connectivity index (χ2v) is 12.9. The molecular formula is C63H79NO18. The van der Waals surface area contributed by atoms with Crippen molar-refractivity contribution in [1.29, 1.82) is 5.26 Å². The minimum absolute atomic E-state index is 0.0185. The lowest BCUT2D eigenvalue weighted by Gasteiger charge is -1.89. The molecule has 0 amide bonds. The normalized spacial score (nSPS) is 9.82. The number of ether oxygens (including phenoxy) is 6. The molecule has 0 unspecified atom stereocenters. The molecule has 3 aliphatic rings. The lowest BCUT2D eigenvalue weighted by molar-refractivity contribution is -0.192. The van der Waals surface area contributed by atoms with Gasteiger partial charge in [-0.3, -0.25) is 24.0 Å². The molecule has 1 aromatic rings. The highest BCUT2D eigenvalue weighted by atomic mass is 16.6. The molecule has 2 aliphatic carbocycles. The summed E-state index contributed by atoms with van der Waals surface area (Å²) in [6.07, 6.45) is 31.2. The Morgan fingerprint density at radius 3 is 0.988 bits per heavy atom. The van der Waals surface area contributed by atoms with Crippen LogP contribution >= 0.6 is 0 Å². The van der Waals surface area contributed by atoms with Gasteiger partial charge in [-0.2, -0.15) is 14.9 Å². The van der Waals surface area contributed by atoms with E-state index >= 15 is 0 Å². The molecule has 82 heavy (non-hydrogen) atoms. The zero-order valence-corrected chi connectivity index (χ0v) is 48.8. The maximum Gasteiger partial charge on any atom is 0.384 e. The maximum absolute atomic E-state index is 10.3. The van der Waals surface area contributed by atoms with E-state index in [1.165, 1.54) is 85.0 Å². The van der Waals surface area contributed by atoms with Crippen LogP contribution in [0.2, 0.25) is 0 Å². The monoisotopic (exact) mass is 1140 g/mol. The molecule has 1 heterocycles. The minimum Gasteiger partial charge on any atom is -0.466 e. The van der Waals surface area contributed by atoms with Crippen molar-refractivity contribution in [3.63, 3.8) is 0 Å². The summed E-state index contributed by atoms with van der Waals surface area (Å²) in [7, 11) is 6.15. The van der Waals surface area contributed by atoms with Gasteiger partial charge in [0.15, 0.2) is 17.3 Å². The van der Waals surface area contributed by atoms with Crippen LogP contribution in [-0.4, -0.2) is 101 Å². The van der Waals surface area contributed by atoms with Crippen molar-refractivity contribution in [2.24, 2.45) is 0 Å². The molecule has 0 saturated carbocycles. The first kappa shape index (κ1) is 93.7. The topological polar surface area (TPSA) is 284 Å². The largest absolute Gasteiger partial charge is 0.466 e. The summed E-state index contributed by atoms with van der Waals surface area (Å²) < 4.78 is 25.0. The van der Waals surface area contributed by atoms with E-state index < -0.39 is 35.8 Å². The Morgan fingerprint density at radius 1 is 0.573 bits per heavy atom. The van der Waals surface area contributed by atoms with Crippen LogP contribution in [0.3, 0.4) is 0 Å². The number of carbonyl (C=O) groups excluding carboxylic acids is 12. The van der Waals surface area contributed by atoms with E-state index in [0.29, 0.717) is 0 Å². The fraction of sp³-hybridized carbons (Fsp3) is 0.206.